The van der Waals surface area contributed by atoms with Gasteiger partial charge in [-0.1, -0.05) is 12.0 Å². The third kappa shape index (κ3) is 7.19. The fourth-order valence-corrected chi connectivity index (χ4v) is 0.889. The van der Waals surface area contributed by atoms with Gasteiger partial charge < -0.3 is 4.74 Å². The number of ether oxygens (including phenoxy) is 1. The van der Waals surface area contributed by atoms with E-state index in [0.717, 1.165) is 19.3 Å². The van der Waals surface area contributed by atoms with Crippen LogP contribution in [-0.2, 0) is 4.74 Å². The predicted octanol–water partition coefficient (Wildman–Crippen LogP) is 2.38. The largest absolute Gasteiger partial charge is 0.365 e. The molecule has 0 rings (SSSR count). The molecule has 70 valence electrons. The SMILES string of the molecule is C#CCC(C#C)OCCCCC=C. The van der Waals surface area contributed by atoms with E-state index in [4.69, 9.17) is 17.6 Å². The van der Waals surface area contributed by atoms with Gasteiger partial charge in [-0.05, 0) is 19.3 Å². The van der Waals surface area contributed by atoms with Crippen molar-refractivity contribution in [1.29, 1.82) is 0 Å². The van der Waals surface area contributed by atoms with E-state index in [0.29, 0.717) is 13.0 Å². The lowest BCUT2D eigenvalue weighted by Gasteiger charge is -2.08. The summed E-state index contributed by atoms with van der Waals surface area (Å²) in [7, 11) is 0. The molecule has 0 heterocycles. The number of rotatable bonds is 7. The van der Waals surface area contributed by atoms with E-state index in [2.05, 4.69) is 18.4 Å². The lowest BCUT2D eigenvalue weighted by Crippen LogP contribution is -2.10. The van der Waals surface area contributed by atoms with Gasteiger partial charge in [-0.15, -0.1) is 25.3 Å². The van der Waals surface area contributed by atoms with Gasteiger partial charge in [-0.3, -0.25) is 0 Å². The molecule has 0 aliphatic rings. The van der Waals surface area contributed by atoms with Crippen LogP contribution in [-0.4, -0.2) is 12.7 Å². The third-order valence-corrected chi connectivity index (χ3v) is 1.61. The summed E-state index contributed by atoms with van der Waals surface area (Å²) in [5, 5.41) is 0. The fourth-order valence-electron chi connectivity index (χ4n) is 0.889. The van der Waals surface area contributed by atoms with Crippen molar-refractivity contribution in [2.24, 2.45) is 0 Å². The Hall–Kier alpha value is -1.18. The number of terminal acetylenes is 2. The molecule has 0 amide bonds. The summed E-state index contributed by atoms with van der Waals surface area (Å²) in [5.74, 6) is 5.00. The maximum Gasteiger partial charge on any atom is 0.128 e. The summed E-state index contributed by atoms with van der Waals surface area (Å²) in [5.41, 5.74) is 0. The highest BCUT2D eigenvalue weighted by atomic mass is 16.5. The van der Waals surface area contributed by atoms with E-state index in [-0.39, 0.29) is 6.10 Å². The van der Waals surface area contributed by atoms with Gasteiger partial charge in [0.05, 0.1) is 0 Å². The Morgan fingerprint density at radius 1 is 1.38 bits per heavy atom. The molecule has 1 atom stereocenters. The van der Waals surface area contributed by atoms with Crippen LogP contribution in [0.4, 0.5) is 0 Å². The smallest absolute Gasteiger partial charge is 0.128 e. The quantitative estimate of drug-likeness (QED) is 0.329. The second-order valence-corrected chi connectivity index (χ2v) is 2.72. The Morgan fingerprint density at radius 3 is 2.69 bits per heavy atom. The molecule has 0 bridgehead atoms. The van der Waals surface area contributed by atoms with Crippen LogP contribution in [0.15, 0.2) is 12.7 Å². The minimum Gasteiger partial charge on any atom is -0.365 e. The molecular weight excluding hydrogens is 160 g/mol. The molecule has 0 aromatic carbocycles. The molecule has 1 nitrogen and oxygen atoms in total. The third-order valence-electron chi connectivity index (χ3n) is 1.61. The Labute approximate surface area is 81.2 Å². The molecule has 13 heavy (non-hydrogen) atoms. The van der Waals surface area contributed by atoms with Crippen molar-refractivity contribution in [2.45, 2.75) is 31.8 Å². The average Bonchev–Trinajstić information content (AvgIpc) is 2.16. The van der Waals surface area contributed by atoms with Crippen LogP contribution in [0.1, 0.15) is 25.7 Å². The summed E-state index contributed by atoms with van der Waals surface area (Å²) < 4.78 is 5.37. The van der Waals surface area contributed by atoms with Crippen molar-refractivity contribution in [3.05, 3.63) is 12.7 Å². The van der Waals surface area contributed by atoms with Crippen molar-refractivity contribution in [3.8, 4) is 24.7 Å². The van der Waals surface area contributed by atoms with Gasteiger partial charge in [0.15, 0.2) is 0 Å². The highest BCUT2D eigenvalue weighted by Gasteiger charge is 2.01. The molecule has 0 radical (unpaired) electrons. The van der Waals surface area contributed by atoms with Crippen LogP contribution >= 0.6 is 0 Å². The maximum absolute atomic E-state index is 5.37. The summed E-state index contributed by atoms with van der Waals surface area (Å²) >= 11 is 0. The van der Waals surface area contributed by atoms with Gasteiger partial charge in [0.2, 0.25) is 0 Å². The zero-order chi connectivity index (χ0) is 9.94. The summed E-state index contributed by atoms with van der Waals surface area (Å²) in [6.07, 6.45) is 15.6. The van der Waals surface area contributed by atoms with E-state index in [9.17, 15) is 0 Å². The summed E-state index contributed by atoms with van der Waals surface area (Å²) in [4.78, 5) is 0. The zero-order valence-corrected chi connectivity index (χ0v) is 7.96. The van der Waals surface area contributed by atoms with Crippen LogP contribution in [0, 0.1) is 24.7 Å². The van der Waals surface area contributed by atoms with E-state index >= 15 is 0 Å². The first-order valence-electron chi connectivity index (χ1n) is 4.47. The molecule has 0 N–H and O–H groups in total. The minimum atomic E-state index is -0.214. The van der Waals surface area contributed by atoms with E-state index in [1.165, 1.54) is 0 Å². The predicted molar refractivity (Wildman–Crippen MR) is 56.1 cm³/mol. The number of allylic oxidation sites excluding steroid dienone is 1. The van der Waals surface area contributed by atoms with Gasteiger partial charge >= 0.3 is 0 Å². The van der Waals surface area contributed by atoms with E-state index in [1.807, 2.05) is 6.08 Å². The molecule has 0 aromatic heterocycles. The molecule has 0 aromatic rings. The van der Waals surface area contributed by atoms with Gasteiger partial charge in [-0.25, -0.2) is 0 Å². The summed E-state index contributed by atoms with van der Waals surface area (Å²) in [6, 6.07) is 0. The molecule has 0 aliphatic carbocycles. The number of unbranched alkanes of at least 4 members (excludes halogenated alkanes) is 2. The monoisotopic (exact) mass is 176 g/mol. The highest BCUT2D eigenvalue weighted by Crippen LogP contribution is 2.00. The number of hydrogen-bond donors (Lipinski definition) is 0. The standard InChI is InChI=1S/C12H16O/c1-4-7-8-9-11-13-12(6-3)10-5-2/h2-4,12H,1,7-11H2. The number of hydrogen-bond acceptors (Lipinski definition) is 1. The summed E-state index contributed by atoms with van der Waals surface area (Å²) in [6.45, 7) is 4.32. The lowest BCUT2D eigenvalue weighted by atomic mass is 10.2. The van der Waals surface area contributed by atoms with Gasteiger partial charge in [0, 0.05) is 13.0 Å². The molecule has 1 heteroatoms. The van der Waals surface area contributed by atoms with Gasteiger partial charge in [0.25, 0.3) is 0 Å². The van der Waals surface area contributed by atoms with Crippen LogP contribution in [0.5, 0.6) is 0 Å². The molecule has 0 fully saturated rings. The van der Waals surface area contributed by atoms with Crippen LogP contribution in [0.2, 0.25) is 0 Å². The Kier molecular flexibility index (Phi) is 8.10. The minimum absolute atomic E-state index is 0.214. The van der Waals surface area contributed by atoms with E-state index in [1.54, 1.807) is 0 Å². The van der Waals surface area contributed by atoms with E-state index < -0.39 is 0 Å². The van der Waals surface area contributed by atoms with Crippen molar-refractivity contribution in [3.63, 3.8) is 0 Å². The molecule has 0 saturated heterocycles. The first-order chi connectivity index (χ1) is 6.35. The second-order valence-electron chi connectivity index (χ2n) is 2.72. The lowest BCUT2D eigenvalue weighted by molar-refractivity contribution is 0.0919. The Morgan fingerprint density at radius 2 is 2.15 bits per heavy atom. The molecule has 0 saturated carbocycles. The molecular formula is C12H16O. The van der Waals surface area contributed by atoms with Crippen LogP contribution in [0.25, 0.3) is 0 Å². The molecule has 0 spiro atoms. The second kappa shape index (κ2) is 8.91. The Balaban J connectivity index is 3.35. The molecule has 0 aliphatic heterocycles. The maximum atomic E-state index is 5.37. The topological polar surface area (TPSA) is 9.23 Å². The van der Waals surface area contributed by atoms with Gasteiger partial charge in [-0.2, -0.15) is 0 Å². The average molecular weight is 176 g/mol. The van der Waals surface area contributed by atoms with Crippen molar-refractivity contribution < 1.29 is 4.74 Å². The zero-order valence-electron chi connectivity index (χ0n) is 7.96. The van der Waals surface area contributed by atoms with Crippen LogP contribution in [0.3, 0.4) is 0 Å². The highest BCUT2D eigenvalue weighted by molar-refractivity contribution is 5.01. The first-order valence-corrected chi connectivity index (χ1v) is 4.47. The fraction of sp³-hybridized carbons (Fsp3) is 0.500. The van der Waals surface area contributed by atoms with Crippen molar-refractivity contribution in [1.82, 2.24) is 0 Å². The first kappa shape index (κ1) is 11.8. The van der Waals surface area contributed by atoms with Crippen molar-refractivity contribution in [2.75, 3.05) is 6.61 Å². The normalized spacial score (nSPS) is 11.2. The van der Waals surface area contributed by atoms with Gasteiger partial charge in [0.1, 0.15) is 6.10 Å². The van der Waals surface area contributed by atoms with Crippen molar-refractivity contribution >= 4 is 0 Å². The van der Waals surface area contributed by atoms with Crippen LogP contribution < -0.4 is 0 Å². The Bertz CT molecular complexity index is 204. The molecule has 1 unspecified atom stereocenters.